The SMILES string of the molecule is CNNCc1cccc(NC(C)=O)c1. The van der Waals surface area contributed by atoms with E-state index in [0.29, 0.717) is 0 Å². The normalized spacial score (nSPS) is 9.86. The second-order valence-corrected chi connectivity index (χ2v) is 2.99. The van der Waals surface area contributed by atoms with Gasteiger partial charge in [0.15, 0.2) is 0 Å². The number of anilines is 1. The molecule has 1 aromatic carbocycles. The van der Waals surface area contributed by atoms with E-state index in [0.717, 1.165) is 17.8 Å². The van der Waals surface area contributed by atoms with Crippen LogP contribution in [0.15, 0.2) is 24.3 Å². The average molecular weight is 193 g/mol. The van der Waals surface area contributed by atoms with Crippen LogP contribution >= 0.6 is 0 Å². The summed E-state index contributed by atoms with van der Waals surface area (Å²) in [6.45, 7) is 2.22. The van der Waals surface area contributed by atoms with Crippen LogP contribution in [0.2, 0.25) is 0 Å². The van der Waals surface area contributed by atoms with Crippen molar-refractivity contribution >= 4 is 11.6 Å². The molecule has 1 aromatic rings. The van der Waals surface area contributed by atoms with E-state index in [2.05, 4.69) is 16.2 Å². The van der Waals surface area contributed by atoms with Gasteiger partial charge in [0.25, 0.3) is 0 Å². The molecule has 4 nitrogen and oxygen atoms in total. The van der Waals surface area contributed by atoms with Crippen molar-refractivity contribution in [2.24, 2.45) is 0 Å². The van der Waals surface area contributed by atoms with Gasteiger partial charge in [0.2, 0.25) is 5.91 Å². The molecule has 0 heterocycles. The number of hydrazine groups is 1. The zero-order valence-corrected chi connectivity index (χ0v) is 8.42. The number of carbonyl (C=O) groups is 1. The first-order valence-corrected chi connectivity index (χ1v) is 4.48. The summed E-state index contributed by atoms with van der Waals surface area (Å²) < 4.78 is 0. The van der Waals surface area contributed by atoms with E-state index >= 15 is 0 Å². The summed E-state index contributed by atoms with van der Waals surface area (Å²) in [6, 6.07) is 7.71. The Morgan fingerprint density at radius 2 is 2.21 bits per heavy atom. The highest BCUT2D eigenvalue weighted by atomic mass is 16.1. The molecule has 14 heavy (non-hydrogen) atoms. The van der Waals surface area contributed by atoms with E-state index in [4.69, 9.17) is 0 Å². The Labute approximate surface area is 83.7 Å². The summed E-state index contributed by atoms with van der Waals surface area (Å²) in [5, 5.41) is 2.73. The van der Waals surface area contributed by atoms with E-state index in [1.807, 2.05) is 31.3 Å². The monoisotopic (exact) mass is 193 g/mol. The molecule has 0 aliphatic carbocycles. The Morgan fingerprint density at radius 3 is 2.86 bits per heavy atom. The van der Waals surface area contributed by atoms with Gasteiger partial charge in [-0.2, -0.15) is 0 Å². The molecule has 0 saturated heterocycles. The first kappa shape index (κ1) is 10.7. The minimum Gasteiger partial charge on any atom is -0.326 e. The van der Waals surface area contributed by atoms with Crippen LogP contribution < -0.4 is 16.2 Å². The van der Waals surface area contributed by atoms with Crippen LogP contribution in [0.3, 0.4) is 0 Å². The van der Waals surface area contributed by atoms with E-state index in [-0.39, 0.29) is 5.91 Å². The number of amides is 1. The molecule has 0 radical (unpaired) electrons. The third kappa shape index (κ3) is 3.55. The predicted molar refractivity (Wildman–Crippen MR) is 56.6 cm³/mol. The molecule has 0 fully saturated rings. The van der Waals surface area contributed by atoms with Crippen LogP contribution in [-0.4, -0.2) is 13.0 Å². The standard InChI is InChI=1S/C10H15N3O/c1-8(14)13-10-5-3-4-9(6-10)7-12-11-2/h3-6,11-12H,7H2,1-2H3,(H,13,14). The van der Waals surface area contributed by atoms with Crippen LogP contribution in [0, 0.1) is 0 Å². The van der Waals surface area contributed by atoms with Gasteiger partial charge in [-0.05, 0) is 24.7 Å². The zero-order chi connectivity index (χ0) is 10.4. The van der Waals surface area contributed by atoms with Gasteiger partial charge in [0, 0.05) is 19.2 Å². The molecule has 0 aromatic heterocycles. The first-order valence-electron chi connectivity index (χ1n) is 4.48. The quantitative estimate of drug-likeness (QED) is 0.622. The zero-order valence-electron chi connectivity index (χ0n) is 8.42. The highest BCUT2D eigenvalue weighted by Crippen LogP contribution is 2.09. The highest BCUT2D eigenvalue weighted by molar-refractivity contribution is 5.88. The van der Waals surface area contributed by atoms with E-state index in [9.17, 15) is 4.79 Å². The Morgan fingerprint density at radius 1 is 1.43 bits per heavy atom. The topological polar surface area (TPSA) is 53.2 Å². The van der Waals surface area contributed by atoms with Crippen molar-refractivity contribution in [3.63, 3.8) is 0 Å². The van der Waals surface area contributed by atoms with E-state index < -0.39 is 0 Å². The van der Waals surface area contributed by atoms with Crippen LogP contribution in [0.25, 0.3) is 0 Å². The lowest BCUT2D eigenvalue weighted by Crippen LogP contribution is -2.26. The minimum absolute atomic E-state index is 0.0521. The maximum atomic E-state index is 10.8. The molecule has 0 bridgehead atoms. The smallest absolute Gasteiger partial charge is 0.221 e. The molecule has 1 amide bonds. The van der Waals surface area contributed by atoms with Gasteiger partial charge < -0.3 is 5.32 Å². The number of hydrogen-bond donors (Lipinski definition) is 3. The van der Waals surface area contributed by atoms with Crippen molar-refractivity contribution in [3.8, 4) is 0 Å². The molecule has 0 unspecified atom stereocenters. The molecule has 1 rings (SSSR count). The maximum Gasteiger partial charge on any atom is 0.221 e. The van der Waals surface area contributed by atoms with Gasteiger partial charge in [0.05, 0.1) is 0 Å². The molecule has 0 aliphatic heterocycles. The summed E-state index contributed by atoms with van der Waals surface area (Å²) in [6.07, 6.45) is 0. The number of hydrogen-bond acceptors (Lipinski definition) is 3. The summed E-state index contributed by atoms with van der Waals surface area (Å²) >= 11 is 0. The van der Waals surface area contributed by atoms with Crippen LogP contribution in [0.5, 0.6) is 0 Å². The van der Waals surface area contributed by atoms with Crippen molar-refractivity contribution < 1.29 is 4.79 Å². The summed E-state index contributed by atoms with van der Waals surface area (Å²) in [5.74, 6) is -0.0521. The molecule has 0 aliphatic rings. The largest absolute Gasteiger partial charge is 0.326 e. The van der Waals surface area contributed by atoms with E-state index in [1.54, 1.807) is 0 Å². The van der Waals surface area contributed by atoms with Gasteiger partial charge in [-0.1, -0.05) is 12.1 Å². The number of nitrogens with one attached hydrogen (secondary N) is 3. The van der Waals surface area contributed by atoms with Gasteiger partial charge in [0.1, 0.15) is 0 Å². The Bertz CT molecular complexity index is 312. The van der Waals surface area contributed by atoms with Gasteiger partial charge in [-0.25, -0.2) is 0 Å². The van der Waals surface area contributed by atoms with Crippen molar-refractivity contribution in [1.29, 1.82) is 0 Å². The molecule has 0 atom stereocenters. The summed E-state index contributed by atoms with van der Waals surface area (Å²) in [4.78, 5) is 10.8. The van der Waals surface area contributed by atoms with Crippen LogP contribution in [0.1, 0.15) is 12.5 Å². The third-order valence-corrected chi connectivity index (χ3v) is 1.72. The Balaban J connectivity index is 2.63. The van der Waals surface area contributed by atoms with Crippen molar-refractivity contribution in [3.05, 3.63) is 29.8 Å². The summed E-state index contributed by atoms with van der Waals surface area (Å²) in [5.41, 5.74) is 7.76. The lowest BCUT2D eigenvalue weighted by molar-refractivity contribution is -0.114. The van der Waals surface area contributed by atoms with Gasteiger partial charge in [-0.3, -0.25) is 15.6 Å². The number of rotatable bonds is 4. The molecule has 76 valence electrons. The second-order valence-electron chi connectivity index (χ2n) is 2.99. The fourth-order valence-electron chi connectivity index (χ4n) is 1.15. The van der Waals surface area contributed by atoms with Crippen molar-refractivity contribution in [2.45, 2.75) is 13.5 Å². The first-order chi connectivity index (χ1) is 6.72. The molecule has 3 N–H and O–H groups in total. The summed E-state index contributed by atoms with van der Waals surface area (Å²) in [7, 11) is 1.82. The molecule has 4 heteroatoms. The minimum atomic E-state index is -0.0521. The Kier molecular flexibility index (Phi) is 4.10. The van der Waals surface area contributed by atoms with E-state index in [1.165, 1.54) is 6.92 Å². The van der Waals surface area contributed by atoms with Gasteiger partial charge >= 0.3 is 0 Å². The molecular weight excluding hydrogens is 178 g/mol. The number of carbonyl (C=O) groups excluding carboxylic acids is 1. The van der Waals surface area contributed by atoms with Crippen molar-refractivity contribution in [1.82, 2.24) is 10.9 Å². The predicted octanol–water partition coefficient (Wildman–Crippen LogP) is 0.869. The van der Waals surface area contributed by atoms with Crippen LogP contribution in [-0.2, 0) is 11.3 Å². The fraction of sp³-hybridized carbons (Fsp3) is 0.300. The average Bonchev–Trinajstić information content (AvgIpc) is 2.14. The van der Waals surface area contributed by atoms with Crippen LogP contribution in [0.4, 0.5) is 5.69 Å². The maximum absolute atomic E-state index is 10.8. The Hall–Kier alpha value is -1.39. The third-order valence-electron chi connectivity index (χ3n) is 1.72. The second kappa shape index (κ2) is 5.36. The lowest BCUT2D eigenvalue weighted by Gasteiger charge is -2.06. The lowest BCUT2D eigenvalue weighted by atomic mass is 10.2. The molecule has 0 saturated carbocycles. The molecule has 0 spiro atoms. The van der Waals surface area contributed by atoms with Gasteiger partial charge in [-0.15, -0.1) is 0 Å². The fourth-order valence-corrected chi connectivity index (χ4v) is 1.15. The highest BCUT2D eigenvalue weighted by Gasteiger charge is 1.96. The number of benzene rings is 1. The van der Waals surface area contributed by atoms with Crippen molar-refractivity contribution in [2.75, 3.05) is 12.4 Å². The molecular formula is C10H15N3O.